The molecule has 1 aromatic heterocycles. The molecule has 0 spiro atoms. The van der Waals surface area contributed by atoms with Gasteiger partial charge in [0, 0.05) is 11.4 Å². The lowest BCUT2D eigenvalue weighted by atomic mass is 9.87. The van der Waals surface area contributed by atoms with Gasteiger partial charge < -0.3 is 10.0 Å². The molecule has 3 nitrogen and oxygen atoms in total. The molecule has 0 radical (unpaired) electrons. The number of hydrogen-bond donors (Lipinski definition) is 1. The van der Waals surface area contributed by atoms with Crippen molar-refractivity contribution in [3.05, 3.63) is 20.8 Å². The molecule has 0 aromatic carbocycles. The quantitative estimate of drug-likeness (QED) is 0.905. The predicted molar refractivity (Wildman–Crippen MR) is 76.8 cm³/mol. The van der Waals surface area contributed by atoms with Gasteiger partial charge in [-0.25, -0.2) is 0 Å². The lowest BCUT2D eigenvalue weighted by Gasteiger charge is -2.45. The van der Waals surface area contributed by atoms with Gasteiger partial charge in [0.1, 0.15) is 0 Å². The van der Waals surface area contributed by atoms with Crippen molar-refractivity contribution in [1.29, 1.82) is 0 Å². The van der Waals surface area contributed by atoms with Crippen LogP contribution in [0.5, 0.6) is 0 Å². The van der Waals surface area contributed by atoms with Crippen molar-refractivity contribution >= 4 is 33.2 Å². The lowest BCUT2D eigenvalue weighted by Crippen LogP contribution is -2.58. The van der Waals surface area contributed by atoms with Gasteiger partial charge in [0.15, 0.2) is 0 Å². The third-order valence-corrected chi connectivity index (χ3v) is 5.25. The number of amides is 1. The van der Waals surface area contributed by atoms with Gasteiger partial charge in [-0.05, 0) is 54.8 Å². The van der Waals surface area contributed by atoms with E-state index in [0.29, 0.717) is 6.42 Å². The molecule has 0 aliphatic carbocycles. The molecule has 5 heteroatoms. The van der Waals surface area contributed by atoms with Crippen molar-refractivity contribution in [2.24, 2.45) is 0 Å². The number of rotatable bonds is 2. The van der Waals surface area contributed by atoms with Crippen molar-refractivity contribution in [1.82, 2.24) is 4.90 Å². The van der Waals surface area contributed by atoms with Gasteiger partial charge in [0.25, 0.3) is 0 Å². The number of likely N-dealkylation sites (tertiary alicyclic amines) is 1. The topological polar surface area (TPSA) is 40.5 Å². The highest BCUT2D eigenvalue weighted by atomic mass is 79.9. The fourth-order valence-electron chi connectivity index (χ4n) is 2.40. The minimum Gasteiger partial charge on any atom is -0.391 e. The molecule has 18 heavy (non-hydrogen) atoms. The fraction of sp³-hybridized carbons (Fsp3) is 0.615. The van der Waals surface area contributed by atoms with E-state index in [1.54, 1.807) is 11.3 Å². The van der Waals surface area contributed by atoms with Crippen LogP contribution >= 0.6 is 27.3 Å². The number of halogens is 1. The van der Waals surface area contributed by atoms with E-state index in [9.17, 15) is 9.90 Å². The average Bonchev–Trinajstić information content (AvgIpc) is 2.67. The summed E-state index contributed by atoms with van der Waals surface area (Å²) in [6.07, 6.45) is 1.66. The van der Waals surface area contributed by atoms with E-state index >= 15 is 0 Å². The Morgan fingerprint density at radius 1 is 1.61 bits per heavy atom. The van der Waals surface area contributed by atoms with Crippen LogP contribution in [0, 0.1) is 0 Å². The van der Waals surface area contributed by atoms with Gasteiger partial charge in [-0.15, -0.1) is 11.3 Å². The first-order valence-electron chi connectivity index (χ1n) is 6.14. The number of nitrogens with zero attached hydrogens (tertiary/aromatic N) is 1. The molecule has 1 unspecified atom stereocenters. The van der Waals surface area contributed by atoms with Crippen LogP contribution in [0.4, 0.5) is 0 Å². The van der Waals surface area contributed by atoms with Crippen molar-refractivity contribution in [2.75, 3.05) is 6.54 Å². The first-order valence-corrected chi connectivity index (χ1v) is 7.75. The van der Waals surface area contributed by atoms with Gasteiger partial charge in [-0.1, -0.05) is 0 Å². The Balaban J connectivity index is 2.08. The van der Waals surface area contributed by atoms with Gasteiger partial charge >= 0.3 is 0 Å². The molecule has 2 heterocycles. The van der Waals surface area contributed by atoms with Gasteiger partial charge in [0.05, 0.1) is 21.9 Å². The van der Waals surface area contributed by atoms with E-state index in [1.807, 2.05) is 30.9 Å². The summed E-state index contributed by atoms with van der Waals surface area (Å²) in [4.78, 5) is 15.2. The summed E-state index contributed by atoms with van der Waals surface area (Å²) in [6, 6.07) is 3.93. The molecule has 1 amide bonds. The van der Waals surface area contributed by atoms with Gasteiger partial charge in [0.2, 0.25) is 5.91 Å². The molecule has 1 saturated heterocycles. The number of hydrogen-bond acceptors (Lipinski definition) is 3. The second-order valence-corrected chi connectivity index (χ2v) is 7.79. The lowest BCUT2D eigenvalue weighted by molar-refractivity contribution is -0.144. The minimum absolute atomic E-state index is 0.105. The Hall–Kier alpha value is -0.390. The molecule has 1 aromatic rings. The molecule has 1 aliphatic heterocycles. The summed E-state index contributed by atoms with van der Waals surface area (Å²) in [5.41, 5.74) is -0.455. The molecule has 1 fully saturated rings. The summed E-state index contributed by atoms with van der Waals surface area (Å²) in [5, 5.41) is 10.0. The number of piperidine rings is 1. The van der Waals surface area contributed by atoms with Crippen LogP contribution in [0.15, 0.2) is 15.9 Å². The maximum atomic E-state index is 12.3. The summed E-state index contributed by atoms with van der Waals surface area (Å²) < 4.78 is 1.04. The Morgan fingerprint density at radius 3 is 2.94 bits per heavy atom. The highest BCUT2D eigenvalue weighted by molar-refractivity contribution is 9.11. The monoisotopic (exact) mass is 331 g/mol. The number of thiophene rings is 1. The zero-order chi connectivity index (χ0) is 13.3. The second-order valence-electron chi connectivity index (χ2n) is 5.24. The predicted octanol–water partition coefficient (Wildman–Crippen LogP) is 2.82. The minimum atomic E-state index is -0.455. The van der Waals surface area contributed by atoms with Crippen molar-refractivity contribution < 1.29 is 9.90 Å². The van der Waals surface area contributed by atoms with Crippen LogP contribution in [0.2, 0.25) is 0 Å². The summed E-state index contributed by atoms with van der Waals surface area (Å²) >= 11 is 4.99. The zero-order valence-electron chi connectivity index (χ0n) is 10.6. The van der Waals surface area contributed by atoms with Crippen LogP contribution < -0.4 is 0 Å². The number of carbonyl (C=O) groups is 1. The number of carbonyl (C=O) groups excluding carboxylic acids is 1. The van der Waals surface area contributed by atoms with Crippen LogP contribution in [0.1, 0.15) is 31.6 Å². The second kappa shape index (κ2) is 5.31. The average molecular weight is 332 g/mol. The SMILES string of the molecule is CC1(C)C(O)CCCN1C(=O)Cc1ccc(Br)s1. The molecule has 1 aliphatic rings. The third-order valence-electron chi connectivity index (χ3n) is 3.63. The maximum absolute atomic E-state index is 12.3. The van der Waals surface area contributed by atoms with Crippen molar-refractivity contribution in [3.63, 3.8) is 0 Å². The fourth-order valence-corrected chi connectivity index (χ4v) is 3.88. The first kappa shape index (κ1) is 14.0. The summed E-state index contributed by atoms with van der Waals surface area (Å²) in [5.74, 6) is 0.105. The van der Waals surface area contributed by atoms with Crippen LogP contribution in [-0.2, 0) is 11.2 Å². The standard InChI is InChI=1S/C13H18BrNO2S/c1-13(2)10(16)4-3-7-15(13)12(17)8-9-5-6-11(14)18-9/h5-6,10,16H,3-4,7-8H2,1-2H3. The molecule has 2 rings (SSSR count). The van der Waals surface area contributed by atoms with E-state index in [0.717, 1.165) is 28.0 Å². The first-order chi connectivity index (χ1) is 8.41. The maximum Gasteiger partial charge on any atom is 0.228 e. The zero-order valence-corrected chi connectivity index (χ0v) is 13.1. The van der Waals surface area contributed by atoms with Crippen molar-refractivity contribution in [3.8, 4) is 0 Å². The third kappa shape index (κ3) is 2.78. The normalized spacial score (nSPS) is 23.1. The molecule has 100 valence electrons. The highest BCUT2D eigenvalue weighted by Crippen LogP contribution is 2.29. The van der Waals surface area contributed by atoms with Gasteiger partial charge in [-0.2, -0.15) is 0 Å². The van der Waals surface area contributed by atoms with Crippen LogP contribution in [-0.4, -0.2) is 34.1 Å². The Morgan fingerprint density at radius 2 is 2.33 bits per heavy atom. The van der Waals surface area contributed by atoms with E-state index in [2.05, 4.69) is 15.9 Å². The molecular formula is C13H18BrNO2S. The highest BCUT2D eigenvalue weighted by Gasteiger charge is 2.39. The summed E-state index contributed by atoms with van der Waals surface area (Å²) in [7, 11) is 0. The van der Waals surface area contributed by atoms with Gasteiger partial charge in [-0.3, -0.25) is 4.79 Å². The Kier molecular flexibility index (Phi) is 4.14. The smallest absolute Gasteiger partial charge is 0.228 e. The van der Waals surface area contributed by atoms with Crippen molar-refractivity contribution in [2.45, 2.75) is 44.8 Å². The molecule has 0 saturated carbocycles. The molecular weight excluding hydrogens is 314 g/mol. The molecule has 1 atom stereocenters. The molecule has 0 bridgehead atoms. The van der Waals surface area contributed by atoms with E-state index < -0.39 is 11.6 Å². The number of aliphatic hydroxyl groups is 1. The molecule has 1 N–H and O–H groups in total. The number of aliphatic hydroxyl groups excluding tert-OH is 1. The Labute approximate surface area is 120 Å². The van der Waals surface area contributed by atoms with E-state index in [1.165, 1.54) is 0 Å². The van der Waals surface area contributed by atoms with E-state index in [-0.39, 0.29) is 5.91 Å². The van der Waals surface area contributed by atoms with Crippen LogP contribution in [0.3, 0.4) is 0 Å². The van der Waals surface area contributed by atoms with Crippen LogP contribution in [0.25, 0.3) is 0 Å². The van der Waals surface area contributed by atoms with E-state index in [4.69, 9.17) is 0 Å². The Bertz CT molecular complexity index is 444. The largest absolute Gasteiger partial charge is 0.391 e. The summed E-state index contributed by atoms with van der Waals surface area (Å²) in [6.45, 7) is 4.63.